The van der Waals surface area contributed by atoms with Gasteiger partial charge in [-0.05, 0) is 48.2 Å². The van der Waals surface area contributed by atoms with E-state index >= 15 is 0 Å². The van der Waals surface area contributed by atoms with Gasteiger partial charge in [-0.1, -0.05) is 12.0 Å². The molecule has 0 spiro atoms. The minimum absolute atomic E-state index is 0.0656. The van der Waals surface area contributed by atoms with Gasteiger partial charge in [0.2, 0.25) is 0 Å². The van der Waals surface area contributed by atoms with Gasteiger partial charge in [0.05, 0.1) is 12.0 Å². The van der Waals surface area contributed by atoms with Gasteiger partial charge in [-0.25, -0.2) is 0 Å². The summed E-state index contributed by atoms with van der Waals surface area (Å²) in [5.74, 6) is 3.67. The lowest BCUT2D eigenvalue weighted by molar-refractivity contribution is -0.384. The van der Waals surface area contributed by atoms with E-state index < -0.39 is 0 Å². The summed E-state index contributed by atoms with van der Waals surface area (Å²) < 4.78 is 11.5. The molecule has 0 fully saturated rings. The van der Waals surface area contributed by atoms with Gasteiger partial charge in [-0.3, -0.25) is 15.0 Å². The molecule has 0 bridgehead atoms. The molecule has 1 aliphatic carbocycles. The van der Waals surface area contributed by atoms with Crippen molar-refractivity contribution in [3.05, 3.63) is 51.1 Å². The first-order valence-electron chi connectivity index (χ1n) is 8.83. The number of nitrogens with zero attached hydrogens (tertiary/aromatic N) is 2. The Kier molecular flexibility index (Phi) is 4.25. The summed E-state index contributed by atoms with van der Waals surface area (Å²) in [6.07, 6.45) is 7.11. The lowest BCUT2D eigenvalue weighted by Gasteiger charge is -2.40. The number of ether oxygens (including phenoxy) is 2. The van der Waals surface area contributed by atoms with Crippen molar-refractivity contribution in [1.29, 1.82) is 0 Å². The summed E-state index contributed by atoms with van der Waals surface area (Å²) in [6.45, 7) is 1.06. The molecule has 6 nitrogen and oxygen atoms in total. The molecule has 0 radical (unpaired) electrons. The zero-order valence-electron chi connectivity index (χ0n) is 15.3. The Balaban J connectivity index is 2.04. The molecule has 1 unspecified atom stereocenters. The minimum Gasteiger partial charge on any atom is -0.493 e. The third-order valence-electron chi connectivity index (χ3n) is 5.48. The van der Waals surface area contributed by atoms with E-state index in [1.807, 2.05) is 12.1 Å². The van der Waals surface area contributed by atoms with Gasteiger partial charge < -0.3 is 9.47 Å². The number of hydrogen-bond donors (Lipinski definition) is 0. The average Bonchev–Trinajstić information content (AvgIpc) is 2.68. The van der Waals surface area contributed by atoms with E-state index in [2.05, 4.69) is 17.9 Å². The van der Waals surface area contributed by atoms with Crippen molar-refractivity contribution in [3.8, 4) is 35.0 Å². The summed E-state index contributed by atoms with van der Waals surface area (Å²) >= 11 is 0. The summed E-state index contributed by atoms with van der Waals surface area (Å²) in [7, 11) is 3.71. The molecular weight excluding hydrogens is 344 g/mol. The lowest BCUT2D eigenvalue weighted by atomic mass is 9.76. The highest BCUT2D eigenvalue weighted by Crippen LogP contribution is 2.52. The predicted octanol–water partition coefficient (Wildman–Crippen LogP) is 3.37. The van der Waals surface area contributed by atoms with Crippen LogP contribution in [0.2, 0.25) is 0 Å². The molecule has 0 amide bonds. The Labute approximate surface area is 157 Å². The topological polar surface area (TPSA) is 64.8 Å². The van der Waals surface area contributed by atoms with Crippen LogP contribution in [-0.4, -0.2) is 37.1 Å². The first-order valence-corrected chi connectivity index (χ1v) is 8.83. The van der Waals surface area contributed by atoms with Crippen LogP contribution in [0.1, 0.15) is 22.7 Å². The van der Waals surface area contributed by atoms with Crippen LogP contribution in [0.25, 0.3) is 11.1 Å². The van der Waals surface area contributed by atoms with Gasteiger partial charge in [0.15, 0.2) is 11.5 Å². The second-order valence-electron chi connectivity index (χ2n) is 6.90. The number of nitro groups is 1. The minimum atomic E-state index is -0.368. The van der Waals surface area contributed by atoms with Gasteiger partial charge >= 0.3 is 0 Å². The molecule has 0 saturated heterocycles. The average molecular weight is 364 g/mol. The maximum Gasteiger partial charge on any atom is 0.270 e. The Hall–Kier alpha value is -3.04. The number of methoxy groups -OCH3 is 1. The number of non-ortho nitro benzene ring substituents is 1. The number of terminal acetylenes is 1. The molecule has 138 valence electrons. The molecule has 27 heavy (non-hydrogen) atoms. The fraction of sp³-hybridized carbons (Fsp3) is 0.333. The smallest absolute Gasteiger partial charge is 0.270 e. The highest BCUT2D eigenvalue weighted by atomic mass is 16.6. The molecule has 0 aromatic heterocycles. The number of likely N-dealkylation sites (N-methyl/N-ethyl adjacent to an activating group) is 1. The molecule has 1 heterocycles. The van der Waals surface area contributed by atoms with E-state index in [1.54, 1.807) is 19.2 Å². The Morgan fingerprint density at radius 3 is 2.89 bits per heavy atom. The third-order valence-corrected chi connectivity index (χ3v) is 5.48. The first-order chi connectivity index (χ1) is 13.0. The zero-order chi connectivity index (χ0) is 19.1. The van der Waals surface area contributed by atoms with E-state index in [9.17, 15) is 10.1 Å². The largest absolute Gasteiger partial charge is 0.493 e. The van der Waals surface area contributed by atoms with Crippen molar-refractivity contribution >= 4 is 5.69 Å². The number of fused-ring (bicyclic) bond motifs is 2. The van der Waals surface area contributed by atoms with Gasteiger partial charge in [0.1, 0.15) is 6.61 Å². The molecule has 2 aromatic carbocycles. The van der Waals surface area contributed by atoms with Gasteiger partial charge in [0, 0.05) is 30.3 Å². The quantitative estimate of drug-likeness (QED) is 0.473. The standard InChI is InChI=1S/C21H20N2O4/c1-4-9-27-21-18(26-3)11-14-7-8-22(2)17-10-13-5-6-15(23(24)25)12-16(13)20(21)19(14)17/h1,5-6,11-12,17H,7-10H2,2-3H3. The molecule has 1 atom stereocenters. The molecule has 0 saturated carbocycles. The second-order valence-corrected chi connectivity index (χ2v) is 6.90. The zero-order valence-corrected chi connectivity index (χ0v) is 15.3. The monoisotopic (exact) mass is 364 g/mol. The van der Waals surface area contributed by atoms with E-state index in [0.717, 1.165) is 36.1 Å². The molecule has 6 heteroatoms. The maximum absolute atomic E-state index is 11.3. The van der Waals surface area contributed by atoms with E-state index in [1.165, 1.54) is 11.1 Å². The normalized spacial score (nSPS) is 17.4. The van der Waals surface area contributed by atoms with E-state index in [0.29, 0.717) is 11.5 Å². The van der Waals surface area contributed by atoms with Crippen LogP contribution in [0.15, 0.2) is 24.3 Å². The molecule has 2 aliphatic rings. The number of hydrogen-bond acceptors (Lipinski definition) is 5. The second kappa shape index (κ2) is 6.60. The Morgan fingerprint density at radius 1 is 1.37 bits per heavy atom. The van der Waals surface area contributed by atoms with Crippen LogP contribution in [0.5, 0.6) is 11.5 Å². The summed E-state index contributed by atoms with van der Waals surface area (Å²) in [5, 5.41) is 11.3. The Bertz CT molecular complexity index is 977. The summed E-state index contributed by atoms with van der Waals surface area (Å²) in [6, 6.07) is 7.28. The molecule has 4 rings (SSSR count). The fourth-order valence-electron chi connectivity index (χ4n) is 4.20. The van der Waals surface area contributed by atoms with Crippen molar-refractivity contribution in [2.24, 2.45) is 0 Å². The van der Waals surface area contributed by atoms with Gasteiger partial charge in [0.25, 0.3) is 5.69 Å². The van der Waals surface area contributed by atoms with Crippen LogP contribution in [0.3, 0.4) is 0 Å². The van der Waals surface area contributed by atoms with E-state index in [-0.39, 0.29) is 23.3 Å². The number of nitro benzene ring substituents is 1. The van der Waals surface area contributed by atoms with Crippen LogP contribution in [-0.2, 0) is 12.8 Å². The lowest BCUT2D eigenvalue weighted by Crippen LogP contribution is -2.35. The van der Waals surface area contributed by atoms with Gasteiger partial charge in [-0.2, -0.15) is 0 Å². The van der Waals surface area contributed by atoms with Crippen molar-refractivity contribution in [2.75, 3.05) is 27.3 Å². The Morgan fingerprint density at radius 2 is 2.19 bits per heavy atom. The SMILES string of the molecule is C#CCOc1c(OC)cc2c3c1-c1cc([N+](=O)[O-])ccc1CC3N(C)CC2. The van der Waals surface area contributed by atoms with Crippen LogP contribution in [0.4, 0.5) is 5.69 Å². The van der Waals surface area contributed by atoms with Crippen LogP contribution >= 0.6 is 0 Å². The van der Waals surface area contributed by atoms with Crippen molar-refractivity contribution in [1.82, 2.24) is 4.90 Å². The first kappa shape index (κ1) is 17.4. The van der Waals surface area contributed by atoms with Crippen molar-refractivity contribution in [2.45, 2.75) is 18.9 Å². The van der Waals surface area contributed by atoms with Crippen LogP contribution in [0, 0.1) is 22.5 Å². The molecular formula is C21H20N2O4. The fourth-order valence-corrected chi connectivity index (χ4v) is 4.20. The number of rotatable bonds is 4. The molecule has 1 aliphatic heterocycles. The van der Waals surface area contributed by atoms with Crippen LogP contribution < -0.4 is 9.47 Å². The van der Waals surface area contributed by atoms with Crippen molar-refractivity contribution < 1.29 is 14.4 Å². The predicted molar refractivity (Wildman–Crippen MR) is 102 cm³/mol. The van der Waals surface area contributed by atoms with E-state index in [4.69, 9.17) is 15.9 Å². The summed E-state index contributed by atoms with van der Waals surface area (Å²) in [5.41, 5.74) is 5.21. The highest BCUT2D eigenvalue weighted by molar-refractivity contribution is 5.84. The summed E-state index contributed by atoms with van der Waals surface area (Å²) in [4.78, 5) is 13.3. The maximum atomic E-state index is 11.3. The number of benzene rings is 2. The highest BCUT2D eigenvalue weighted by Gasteiger charge is 2.36. The van der Waals surface area contributed by atoms with Gasteiger partial charge in [-0.15, -0.1) is 6.42 Å². The molecule has 2 aromatic rings. The van der Waals surface area contributed by atoms with Crippen molar-refractivity contribution in [3.63, 3.8) is 0 Å². The molecule has 0 N–H and O–H groups in total. The third kappa shape index (κ3) is 2.71.